The standard InChI is InChI=1S/C5H11Cl.2O.Ti/c1-2-3-4-5-6;;;/h2-5H2,1H3;;;. The zero-order valence-corrected chi connectivity index (χ0v) is 7.84. The molecule has 0 saturated heterocycles. The van der Waals surface area contributed by atoms with Gasteiger partial charge in [0.1, 0.15) is 0 Å². The Kier molecular flexibility index (Phi) is 21.6. The van der Waals surface area contributed by atoms with Crippen LogP contribution < -0.4 is 0 Å². The Hall–Kier alpha value is 0.604. The minimum atomic E-state index is -2.00. The summed E-state index contributed by atoms with van der Waals surface area (Å²) in [5, 5.41) is 0. The molecule has 0 aromatic rings. The van der Waals surface area contributed by atoms with Crippen molar-refractivity contribution in [3.63, 3.8) is 0 Å². The molecule has 4 heteroatoms. The number of halogens is 1. The van der Waals surface area contributed by atoms with Crippen molar-refractivity contribution in [1.29, 1.82) is 0 Å². The van der Waals surface area contributed by atoms with E-state index in [1.165, 1.54) is 19.3 Å². The summed E-state index contributed by atoms with van der Waals surface area (Å²) in [7, 11) is 0. The molecule has 0 aliphatic carbocycles. The molecule has 0 aromatic heterocycles. The molecule has 0 aliphatic heterocycles. The molecule has 2 nitrogen and oxygen atoms in total. The van der Waals surface area contributed by atoms with E-state index in [1.54, 1.807) is 0 Å². The van der Waals surface area contributed by atoms with E-state index in [9.17, 15) is 0 Å². The molecule has 0 spiro atoms. The van der Waals surface area contributed by atoms with Gasteiger partial charge in [-0.05, 0) is 6.42 Å². The van der Waals surface area contributed by atoms with E-state index >= 15 is 0 Å². The molecule has 0 aromatic carbocycles. The zero-order valence-electron chi connectivity index (χ0n) is 5.52. The molecular formula is C5H11ClO2Ti. The minimum absolute atomic E-state index is 0.827. The van der Waals surface area contributed by atoms with Gasteiger partial charge in [0.2, 0.25) is 0 Å². The number of unbranched alkanes of at least 4 members (excludes halogenated alkanes) is 2. The molecule has 0 atom stereocenters. The average molecular weight is 186 g/mol. The Morgan fingerprint density at radius 3 is 1.89 bits per heavy atom. The van der Waals surface area contributed by atoms with Gasteiger partial charge < -0.3 is 0 Å². The van der Waals surface area contributed by atoms with Crippen LogP contribution >= 0.6 is 11.6 Å². The first-order valence-corrected chi connectivity index (χ1v) is 4.69. The molecule has 0 N–H and O–H groups in total. The second kappa shape index (κ2) is 15.8. The zero-order chi connectivity index (χ0) is 7.54. The van der Waals surface area contributed by atoms with E-state index in [2.05, 4.69) is 6.92 Å². The topological polar surface area (TPSA) is 34.1 Å². The summed E-state index contributed by atoms with van der Waals surface area (Å²) in [6.45, 7) is 2.17. The summed E-state index contributed by atoms with van der Waals surface area (Å²) in [6, 6.07) is 0. The maximum atomic E-state index is 8.50. The Balaban J connectivity index is 0. The Labute approximate surface area is 69.5 Å². The van der Waals surface area contributed by atoms with Crippen LogP contribution in [0.1, 0.15) is 26.2 Å². The Morgan fingerprint density at radius 1 is 1.33 bits per heavy atom. The van der Waals surface area contributed by atoms with E-state index in [1.807, 2.05) is 0 Å². The molecule has 9 heavy (non-hydrogen) atoms. The summed E-state index contributed by atoms with van der Waals surface area (Å²) in [5.74, 6) is 0.827. The van der Waals surface area contributed by atoms with Crippen molar-refractivity contribution >= 4 is 11.6 Å². The van der Waals surface area contributed by atoms with Crippen LogP contribution in [-0.2, 0) is 25.7 Å². The van der Waals surface area contributed by atoms with Crippen LogP contribution in [-0.4, -0.2) is 5.88 Å². The van der Waals surface area contributed by atoms with Crippen molar-refractivity contribution in [2.45, 2.75) is 26.2 Å². The number of hydrogen-bond donors (Lipinski definition) is 0. The second-order valence-corrected chi connectivity index (χ2v) is 2.12. The van der Waals surface area contributed by atoms with E-state index in [0.717, 1.165) is 5.88 Å². The van der Waals surface area contributed by atoms with Gasteiger partial charge >= 0.3 is 25.7 Å². The van der Waals surface area contributed by atoms with Gasteiger partial charge in [-0.15, -0.1) is 11.6 Å². The van der Waals surface area contributed by atoms with Crippen LogP contribution in [0.2, 0.25) is 0 Å². The molecule has 0 fully saturated rings. The summed E-state index contributed by atoms with van der Waals surface area (Å²) < 4.78 is 17.0. The predicted octanol–water partition coefficient (Wildman–Crippen LogP) is 2.18. The summed E-state index contributed by atoms with van der Waals surface area (Å²) in [4.78, 5) is 0. The van der Waals surface area contributed by atoms with Gasteiger partial charge in [-0.3, -0.25) is 0 Å². The number of rotatable bonds is 3. The van der Waals surface area contributed by atoms with Crippen LogP contribution in [0.25, 0.3) is 0 Å². The molecule has 0 radical (unpaired) electrons. The molecule has 0 bridgehead atoms. The fourth-order valence-electron chi connectivity index (χ4n) is 0.344. The molecule has 0 amide bonds. The van der Waals surface area contributed by atoms with E-state index in [4.69, 9.17) is 18.3 Å². The van der Waals surface area contributed by atoms with Crippen molar-refractivity contribution in [2.24, 2.45) is 0 Å². The van der Waals surface area contributed by atoms with Crippen molar-refractivity contribution < 1.29 is 25.7 Å². The van der Waals surface area contributed by atoms with E-state index in [0.29, 0.717) is 0 Å². The monoisotopic (exact) mass is 186 g/mol. The van der Waals surface area contributed by atoms with Crippen molar-refractivity contribution in [1.82, 2.24) is 0 Å². The van der Waals surface area contributed by atoms with Gasteiger partial charge in [-0.2, -0.15) is 0 Å². The van der Waals surface area contributed by atoms with Gasteiger partial charge in [0, 0.05) is 5.88 Å². The SMILES string of the molecule is CCCCCCl.[O]=[Ti]=[O]. The third-order valence-corrected chi connectivity index (χ3v) is 1.00. The third kappa shape index (κ3) is 28.9. The van der Waals surface area contributed by atoms with Crippen LogP contribution in [0.4, 0.5) is 0 Å². The first kappa shape index (κ1) is 12.3. The average Bonchev–Trinajstić information content (AvgIpc) is 1.86. The predicted molar refractivity (Wildman–Crippen MR) is 31.6 cm³/mol. The molecule has 0 heterocycles. The first-order valence-electron chi connectivity index (χ1n) is 2.88. The number of alkyl halides is 1. The van der Waals surface area contributed by atoms with Crippen LogP contribution in [0.3, 0.4) is 0 Å². The summed E-state index contributed by atoms with van der Waals surface area (Å²) in [5.41, 5.74) is 0. The fourth-order valence-corrected chi connectivity index (χ4v) is 0.533. The Bertz CT molecular complexity index is 67.4. The fraction of sp³-hybridized carbons (Fsp3) is 1.00. The summed E-state index contributed by atoms with van der Waals surface area (Å²) >= 11 is 3.38. The van der Waals surface area contributed by atoms with Crippen LogP contribution in [0, 0.1) is 0 Å². The van der Waals surface area contributed by atoms with Crippen molar-refractivity contribution in [3.05, 3.63) is 0 Å². The third-order valence-electron chi connectivity index (χ3n) is 0.737. The van der Waals surface area contributed by atoms with Gasteiger partial charge in [-0.1, -0.05) is 19.8 Å². The van der Waals surface area contributed by atoms with Gasteiger partial charge in [0.25, 0.3) is 0 Å². The molecular weight excluding hydrogens is 175 g/mol. The maximum absolute atomic E-state index is 8.50. The van der Waals surface area contributed by atoms with Gasteiger partial charge in [0.05, 0.1) is 0 Å². The molecule has 0 saturated carbocycles. The van der Waals surface area contributed by atoms with Gasteiger partial charge in [-0.25, -0.2) is 0 Å². The van der Waals surface area contributed by atoms with Crippen molar-refractivity contribution in [2.75, 3.05) is 5.88 Å². The van der Waals surface area contributed by atoms with Crippen LogP contribution in [0.15, 0.2) is 0 Å². The Morgan fingerprint density at radius 2 is 1.78 bits per heavy atom. The van der Waals surface area contributed by atoms with Crippen molar-refractivity contribution in [3.8, 4) is 0 Å². The molecule has 54 valence electrons. The second-order valence-electron chi connectivity index (χ2n) is 1.48. The van der Waals surface area contributed by atoms with Crippen LogP contribution in [0.5, 0.6) is 0 Å². The number of hydrogen-bond acceptors (Lipinski definition) is 2. The first-order chi connectivity index (χ1) is 4.33. The normalized spacial score (nSPS) is 6.89. The summed E-state index contributed by atoms with van der Waals surface area (Å²) in [6.07, 6.45) is 3.73. The molecule has 0 unspecified atom stereocenters. The molecule has 0 rings (SSSR count). The molecule has 0 aliphatic rings. The quantitative estimate of drug-likeness (QED) is 0.385. The van der Waals surface area contributed by atoms with E-state index < -0.39 is 19.1 Å². The van der Waals surface area contributed by atoms with E-state index in [-0.39, 0.29) is 0 Å². The van der Waals surface area contributed by atoms with Gasteiger partial charge in [0.15, 0.2) is 0 Å².